The van der Waals surface area contributed by atoms with Crippen molar-refractivity contribution in [3.8, 4) is 5.88 Å². The SMILES string of the molecule is CC.CCN(C)C=Nc1cc(C)c(OC(C)c2cc(F)cc(F)c2)nc1C. The van der Waals surface area contributed by atoms with Gasteiger partial charge in [0.15, 0.2) is 0 Å². The molecular formula is C21H29F2N3O. The van der Waals surface area contributed by atoms with Crippen LogP contribution in [0.2, 0.25) is 0 Å². The maximum absolute atomic E-state index is 13.4. The van der Waals surface area contributed by atoms with Crippen molar-refractivity contribution in [2.75, 3.05) is 13.6 Å². The first kappa shape index (κ1) is 22.5. The van der Waals surface area contributed by atoms with Gasteiger partial charge in [0.05, 0.1) is 17.7 Å². The molecule has 0 amide bonds. The Hall–Kier alpha value is -2.50. The Morgan fingerprint density at radius 1 is 1.15 bits per heavy atom. The summed E-state index contributed by atoms with van der Waals surface area (Å²) in [4.78, 5) is 10.8. The van der Waals surface area contributed by atoms with E-state index in [4.69, 9.17) is 4.74 Å². The van der Waals surface area contributed by atoms with E-state index in [0.717, 1.165) is 29.6 Å². The summed E-state index contributed by atoms with van der Waals surface area (Å²) in [7, 11) is 1.94. The van der Waals surface area contributed by atoms with Crippen molar-refractivity contribution in [1.82, 2.24) is 9.88 Å². The summed E-state index contributed by atoms with van der Waals surface area (Å²) < 4.78 is 32.6. The van der Waals surface area contributed by atoms with E-state index < -0.39 is 17.7 Å². The monoisotopic (exact) mass is 377 g/mol. The predicted molar refractivity (Wildman–Crippen MR) is 107 cm³/mol. The van der Waals surface area contributed by atoms with Crippen molar-refractivity contribution in [2.24, 2.45) is 4.99 Å². The molecule has 0 aliphatic carbocycles. The summed E-state index contributed by atoms with van der Waals surface area (Å²) in [6, 6.07) is 5.24. The number of aryl methyl sites for hydroxylation is 2. The Morgan fingerprint density at radius 2 is 1.74 bits per heavy atom. The lowest BCUT2D eigenvalue weighted by atomic mass is 10.1. The van der Waals surface area contributed by atoms with Crippen LogP contribution in [0.5, 0.6) is 5.88 Å². The van der Waals surface area contributed by atoms with Crippen molar-refractivity contribution in [1.29, 1.82) is 0 Å². The number of rotatable bonds is 6. The number of pyridine rings is 1. The number of hydrogen-bond acceptors (Lipinski definition) is 3. The standard InChI is InChI=1S/C19H23F2N3O.C2H6/c1-6-24(5)11-22-18-7-12(2)19(23-13(18)3)25-14(4)15-8-16(20)10-17(21)9-15;1-2/h7-11,14H,6H2,1-5H3;1-2H3. The fourth-order valence-corrected chi connectivity index (χ4v) is 2.21. The van der Waals surface area contributed by atoms with Gasteiger partial charge in [0.25, 0.3) is 0 Å². The molecule has 0 saturated carbocycles. The van der Waals surface area contributed by atoms with Gasteiger partial charge in [-0.3, -0.25) is 0 Å². The molecule has 0 aliphatic heterocycles. The zero-order chi connectivity index (χ0) is 20.6. The summed E-state index contributed by atoms with van der Waals surface area (Å²) in [6.07, 6.45) is 1.22. The number of aliphatic imine (C=N–C) groups is 1. The number of hydrogen-bond donors (Lipinski definition) is 0. The molecule has 1 aromatic carbocycles. The minimum atomic E-state index is -0.629. The van der Waals surface area contributed by atoms with Crippen LogP contribution in [0.25, 0.3) is 0 Å². The highest BCUT2D eigenvalue weighted by Crippen LogP contribution is 2.28. The Labute approximate surface area is 160 Å². The first-order valence-electron chi connectivity index (χ1n) is 9.15. The van der Waals surface area contributed by atoms with E-state index in [1.807, 2.05) is 52.6 Å². The third-order valence-electron chi connectivity index (χ3n) is 3.87. The summed E-state index contributed by atoms with van der Waals surface area (Å²) in [5, 5.41) is 0. The zero-order valence-corrected chi connectivity index (χ0v) is 17.2. The molecule has 6 heteroatoms. The van der Waals surface area contributed by atoms with Crippen LogP contribution in [-0.4, -0.2) is 29.8 Å². The number of halogens is 2. The van der Waals surface area contributed by atoms with E-state index in [-0.39, 0.29) is 0 Å². The summed E-state index contributed by atoms with van der Waals surface area (Å²) in [6.45, 7) is 12.3. The van der Waals surface area contributed by atoms with Crippen molar-refractivity contribution >= 4 is 12.0 Å². The Balaban J connectivity index is 0.00000176. The second-order valence-electron chi connectivity index (χ2n) is 6.00. The Bertz CT molecular complexity index is 758. The van der Waals surface area contributed by atoms with Gasteiger partial charge in [0.2, 0.25) is 5.88 Å². The van der Waals surface area contributed by atoms with Gasteiger partial charge in [-0.05, 0) is 51.5 Å². The van der Waals surface area contributed by atoms with Gasteiger partial charge in [0, 0.05) is 25.2 Å². The van der Waals surface area contributed by atoms with Gasteiger partial charge >= 0.3 is 0 Å². The second kappa shape index (κ2) is 10.6. The first-order chi connectivity index (χ1) is 12.8. The first-order valence-corrected chi connectivity index (χ1v) is 9.15. The molecule has 1 aromatic heterocycles. The highest BCUT2D eigenvalue weighted by atomic mass is 19.1. The zero-order valence-electron chi connectivity index (χ0n) is 17.2. The van der Waals surface area contributed by atoms with E-state index in [9.17, 15) is 8.78 Å². The van der Waals surface area contributed by atoms with Crippen LogP contribution in [0.3, 0.4) is 0 Å². The van der Waals surface area contributed by atoms with Gasteiger partial charge in [0.1, 0.15) is 17.7 Å². The minimum absolute atomic E-state index is 0.419. The largest absolute Gasteiger partial charge is 0.470 e. The summed E-state index contributed by atoms with van der Waals surface area (Å²) in [5.74, 6) is -0.829. The molecule has 2 rings (SSSR count). The number of ether oxygens (including phenoxy) is 1. The molecule has 27 heavy (non-hydrogen) atoms. The second-order valence-corrected chi connectivity index (χ2v) is 6.00. The Morgan fingerprint density at radius 3 is 2.30 bits per heavy atom. The minimum Gasteiger partial charge on any atom is -0.470 e. The molecule has 148 valence electrons. The molecule has 1 atom stereocenters. The van der Waals surface area contributed by atoms with Crippen LogP contribution in [0.4, 0.5) is 14.5 Å². The molecule has 0 aliphatic rings. The molecule has 0 saturated heterocycles. The quantitative estimate of drug-likeness (QED) is 0.475. The van der Waals surface area contributed by atoms with Crippen LogP contribution < -0.4 is 4.74 Å². The molecule has 0 radical (unpaired) electrons. The fraction of sp³-hybridized carbons (Fsp3) is 0.429. The Kier molecular flexibility index (Phi) is 8.85. The fourth-order valence-electron chi connectivity index (χ4n) is 2.21. The topological polar surface area (TPSA) is 37.7 Å². The third kappa shape index (κ3) is 6.62. The van der Waals surface area contributed by atoms with Crippen LogP contribution in [0, 0.1) is 25.5 Å². The van der Waals surface area contributed by atoms with Gasteiger partial charge < -0.3 is 9.64 Å². The lowest BCUT2D eigenvalue weighted by Crippen LogP contribution is -2.14. The number of nitrogens with zero attached hydrogens (tertiary/aromatic N) is 3. The van der Waals surface area contributed by atoms with E-state index in [0.29, 0.717) is 11.4 Å². The maximum atomic E-state index is 13.4. The molecule has 1 unspecified atom stereocenters. The lowest BCUT2D eigenvalue weighted by Gasteiger charge is -2.17. The molecule has 4 nitrogen and oxygen atoms in total. The van der Waals surface area contributed by atoms with E-state index in [2.05, 4.69) is 9.98 Å². The van der Waals surface area contributed by atoms with Crippen molar-refractivity contribution in [3.63, 3.8) is 0 Å². The molecule has 0 fully saturated rings. The van der Waals surface area contributed by atoms with Crippen molar-refractivity contribution in [3.05, 3.63) is 52.7 Å². The van der Waals surface area contributed by atoms with Gasteiger partial charge in [-0.2, -0.15) is 0 Å². The number of aromatic nitrogens is 1. The van der Waals surface area contributed by atoms with Gasteiger partial charge in [-0.25, -0.2) is 18.8 Å². The van der Waals surface area contributed by atoms with Crippen LogP contribution >= 0.6 is 0 Å². The highest BCUT2D eigenvalue weighted by Gasteiger charge is 2.14. The van der Waals surface area contributed by atoms with E-state index in [1.165, 1.54) is 12.1 Å². The van der Waals surface area contributed by atoms with Crippen molar-refractivity contribution < 1.29 is 13.5 Å². The average Bonchev–Trinajstić information content (AvgIpc) is 2.63. The van der Waals surface area contributed by atoms with Crippen molar-refractivity contribution in [2.45, 2.75) is 47.6 Å². The number of benzene rings is 1. The molecule has 2 aromatic rings. The van der Waals surface area contributed by atoms with Crippen LogP contribution in [-0.2, 0) is 0 Å². The van der Waals surface area contributed by atoms with E-state index >= 15 is 0 Å². The molecule has 0 bridgehead atoms. The highest BCUT2D eigenvalue weighted by molar-refractivity contribution is 5.62. The van der Waals surface area contributed by atoms with E-state index in [1.54, 1.807) is 13.3 Å². The van der Waals surface area contributed by atoms with Gasteiger partial charge in [-0.15, -0.1) is 0 Å². The maximum Gasteiger partial charge on any atom is 0.217 e. The lowest BCUT2D eigenvalue weighted by molar-refractivity contribution is 0.214. The smallest absolute Gasteiger partial charge is 0.217 e. The van der Waals surface area contributed by atoms with Crippen LogP contribution in [0.1, 0.15) is 50.6 Å². The molecular weight excluding hydrogens is 348 g/mol. The summed E-state index contributed by atoms with van der Waals surface area (Å²) >= 11 is 0. The molecule has 0 spiro atoms. The average molecular weight is 377 g/mol. The summed E-state index contributed by atoms with van der Waals surface area (Å²) in [5.41, 5.74) is 2.71. The third-order valence-corrected chi connectivity index (χ3v) is 3.87. The molecule has 0 N–H and O–H groups in total. The van der Waals surface area contributed by atoms with Crippen LogP contribution in [0.15, 0.2) is 29.3 Å². The van der Waals surface area contributed by atoms with Gasteiger partial charge in [-0.1, -0.05) is 13.8 Å². The normalized spacial score (nSPS) is 11.7. The predicted octanol–water partition coefficient (Wildman–Crippen LogP) is 5.75. The molecule has 1 heterocycles.